The van der Waals surface area contributed by atoms with Gasteiger partial charge in [0, 0.05) is 18.6 Å². The topological polar surface area (TPSA) is 39.1 Å². The molecule has 0 amide bonds. The van der Waals surface area contributed by atoms with Crippen LogP contribution in [-0.2, 0) is 0 Å². The quantitative estimate of drug-likeness (QED) is 0.802. The number of benzene rings is 1. The normalized spacial score (nSPS) is 25.1. The van der Waals surface area contributed by atoms with Crippen LogP contribution in [0.3, 0.4) is 0 Å². The molecule has 0 bridgehead atoms. The van der Waals surface area contributed by atoms with E-state index in [1.165, 1.54) is 0 Å². The van der Waals surface area contributed by atoms with Gasteiger partial charge in [-0.25, -0.2) is 0 Å². The highest BCUT2D eigenvalue weighted by atomic mass is 15.2. The van der Waals surface area contributed by atoms with Gasteiger partial charge in [-0.3, -0.25) is 0 Å². The highest BCUT2D eigenvalue weighted by Gasteiger charge is 2.24. The van der Waals surface area contributed by atoms with Gasteiger partial charge in [-0.2, -0.15) is 5.26 Å². The number of anilines is 1. The Labute approximate surface area is 103 Å². The lowest BCUT2D eigenvalue weighted by Gasteiger charge is -2.35. The summed E-state index contributed by atoms with van der Waals surface area (Å²) in [6, 6.07) is 11.1. The van der Waals surface area contributed by atoms with Gasteiger partial charge in [-0.05, 0) is 38.9 Å². The minimum atomic E-state index is 0.419. The van der Waals surface area contributed by atoms with Crippen molar-refractivity contribution in [3.63, 3.8) is 0 Å². The predicted octanol–water partition coefficient (Wildman–Crippen LogP) is 2.13. The van der Waals surface area contributed by atoms with Gasteiger partial charge in [0.15, 0.2) is 0 Å². The zero-order valence-corrected chi connectivity index (χ0v) is 10.5. The Morgan fingerprint density at radius 3 is 2.82 bits per heavy atom. The van der Waals surface area contributed by atoms with Gasteiger partial charge < -0.3 is 10.2 Å². The van der Waals surface area contributed by atoms with E-state index in [0.717, 1.165) is 30.8 Å². The van der Waals surface area contributed by atoms with Crippen LogP contribution in [0.2, 0.25) is 0 Å². The summed E-state index contributed by atoms with van der Waals surface area (Å²) in [6.07, 6.45) is 1.12. The maximum absolute atomic E-state index is 9.20. The van der Waals surface area contributed by atoms with Crippen molar-refractivity contribution in [1.29, 1.82) is 5.26 Å². The lowest BCUT2D eigenvalue weighted by Crippen LogP contribution is -2.42. The van der Waals surface area contributed by atoms with Gasteiger partial charge in [0.05, 0.1) is 11.3 Å². The van der Waals surface area contributed by atoms with Crippen LogP contribution in [0.4, 0.5) is 5.69 Å². The van der Waals surface area contributed by atoms with Crippen LogP contribution >= 0.6 is 0 Å². The number of hydrogen-bond acceptors (Lipinski definition) is 3. The van der Waals surface area contributed by atoms with Crippen molar-refractivity contribution in [2.45, 2.75) is 32.4 Å². The molecule has 1 saturated heterocycles. The lowest BCUT2D eigenvalue weighted by molar-refractivity contribution is 0.575. The molecule has 1 aromatic rings. The van der Waals surface area contributed by atoms with Crippen LogP contribution < -0.4 is 10.2 Å². The largest absolute Gasteiger partial charge is 0.364 e. The Balaban J connectivity index is 2.38. The van der Waals surface area contributed by atoms with Crippen molar-refractivity contribution in [2.24, 2.45) is 0 Å². The highest BCUT2D eigenvalue weighted by molar-refractivity contribution is 5.60. The van der Waals surface area contributed by atoms with Gasteiger partial charge in [0.2, 0.25) is 0 Å². The number of para-hydroxylation sites is 1. The van der Waals surface area contributed by atoms with E-state index in [9.17, 15) is 5.26 Å². The van der Waals surface area contributed by atoms with E-state index < -0.39 is 0 Å². The lowest BCUT2D eigenvalue weighted by atomic mass is 10.1. The first-order valence-corrected chi connectivity index (χ1v) is 6.22. The summed E-state index contributed by atoms with van der Waals surface area (Å²) in [4.78, 5) is 2.37. The van der Waals surface area contributed by atoms with E-state index >= 15 is 0 Å². The molecule has 0 spiro atoms. The molecule has 2 unspecified atom stereocenters. The third kappa shape index (κ3) is 2.42. The average molecular weight is 229 g/mol. The van der Waals surface area contributed by atoms with E-state index in [1.54, 1.807) is 0 Å². The van der Waals surface area contributed by atoms with Crippen molar-refractivity contribution in [2.75, 3.05) is 18.0 Å². The second-order valence-electron chi connectivity index (χ2n) is 4.73. The Morgan fingerprint density at radius 2 is 2.06 bits per heavy atom. The fourth-order valence-corrected chi connectivity index (χ4v) is 2.56. The molecular formula is C14H19N3. The van der Waals surface area contributed by atoms with Crippen LogP contribution in [0, 0.1) is 11.3 Å². The monoisotopic (exact) mass is 229 g/mol. The maximum Gasteiger partial charge on any atom is 0.101 e. The van der Waals surface area contributed by atoms with Crippen molar-refractivity contribution < 1.29 is 0 Å². The minimum Gasteiger partial charge on any atom is -0.364 e. The summed E-state index contributed by atoms with van der Waals surface area (Å²) in [6.45, 7) is 6.47. The van der Waals surface area contributed by atoms with Gasteiger partial charge in [0.1, 0.15) is 6.07 Å². The van der Waals surface area contributed by atoms with Crippen LogP contribution in [-0.4, -0.2) is 25.2 Å². The van der Waals surface area contributed by atoms with Crippen LogP contribution in [0.25, 0.3) is 0 Å². The molecule has 0 aliphatic carbocycles. The summed E-state index contributed by atoms with van der Waals surface area (Å²) in [7, 11) is 0. The summed E-state index contributed by atoms with van der Waals surface area (Å²) in [5, 5.41) is 12.6. The summed E-state index contributed by atoms with van der Waals surface area (Å²) < 4.78 is 0. The molecule has 2 atom stereocenters. The number of rotatable bonds is 1. The fourth-order valence-electron chi connectivity index (χ4n) is 2.56. The zero-order valence-electron chi connectivity index (χ0n) is 10.5. The van der Waals surface area contributed by atoms with E-state index in [2.05, 4.69) is 36.2 Å². The molecule has 17 heavy (non-hydrogen) atoms. The highest BCUT2D eigenvalue weighted by Crippen LogP contribution is 2.26. The number of nitrogens with zero attached hydrogens (tertiary/aromatic N) is 2. The third-order valence-corrected chi connectivity index (χ3v) is 3.43. The van der Waals surface area contributed by atoms with E-state index in [0.29, 0.717) is 12.1 Å². The zero-order chi connectivity index (χ0) is 12.3. The molecule has 1 aliphatic rings. The molecule has 0 radical (unpaired) electrons. The molecule has 1 aromatic carbocycles. The molecule has 2 rings (SSSR count). The van der Waals surface area contributed by atoms with Crippen LogP contribution in [0.1, 0.15) is 25.8 Å². The Morgan fingerprint density at radius 1 is 1.29 bits per heavy atom. The maximum atomic E-state index is 9.20. The molecule has 0 aromatic heterocycles. The predicted molar refractivity (Wildman–Crippen MR) is 70.0 cm³/mol. The van der Waals surface area contributed by atoms with Crippen molar-refractivity contribution >= 4 is 5.69 Å². The van der Waals surface area contributed by atoms with Crippen molar-refractivity contribution in [3.8, 4) is 6.07 Å². The summed E-state index contributed by atoms with van der Waals surface area (Å²) in [5.41, 5.74) is 1.84. The average Bonchev–Trinajstić information content (AvgIpc) is 2.51. The molecule has 3 heteroatoms. The smallest absolute Gasteiger partial charge is 0.101 e. The van der Waals surface area contributed by atoms with E-state index in [-0.39, 0.29) is 0 Å². The number of nitrogens with one attached hydrogen (secondary N) is 1. The second kappa shape index (κ2) is 5.20. The molecule has 1 heterocycles. The number of nitriles is 1. The van der Waals surface area contributed by atoms with Crippen molar-refractivity contribution in [1.82, 2.24) is 5.32 Å². The van der Waals surface area contributed by atoms with Crippen LogP contribution in [0.5, 0.6) is 0 Å². The standard InChI is InChI=1S/C14H19N3/c1-11-7-8-16-10-12(2)17(11)14-6-4-3-5-13(14)9-15/h3-6,11-12,16H,7-8,10H2,1-2H3. The van der Waals surface area contributed by atoms with Gasteiger partial charge >= 0.3 is 0 Å². The Bertz CT molecular complexity index is 410. The number of hydrogen-bond donors (Lipinski definition) is 1. The second-order valence-corrected chi connectivity index (χ2v) is 4.73. The first-order chi connectivity index (χ1) is 8.24. The fraction of sp³-hybridized carbons (Fsp3) is 0.500. The Hall–Kier alpha value is -1.53. The van der Waals surface area contributed by atoms with Gasteiger partial charge in [0.25, 0.3) is 0 Å². The summed E-state index contributed by atoms with van der Waals surface area (Å²) in [5.74, 6) is 0. The van der Waals surface area contributed by atoms with Gasteiger partial charge in [-0.1, -0.05) is 12.1 Å². The first kappa shape index (κ1) is 11.9. The van der Waals surface area contributed by atoms with Crippen LogP contribution in [0.15, 0.2) is 24.3 Å². The van der Waals surface area contributed by atoms with Crippen molar-refractivity contribution in [3.05, 3.63) is 29.8 Å². The molecule has 90 valence electrons. The minimum absolute atomic E-state index is 0.419. The summed E-state index contributed by atoms with van der Waals surface area (Å²) >= 11 is 0. The van der Waals surface area contributed by atoms with E-state index in [4.69, 9.17) is 0 Å². The molecule has 1 N–H and O–H groups in total. The molecule has 3 nitrogen and oxygen atoms in total. The Kier molecular flexibility index (Phi) is 3.65. The van der Waals surface area contributed by atoms with E-state index in [1.807, 2.05) is 18.2 Å². The SMILES string of the molecule is CC1CCNCC(C)N1c1ccccc1C#N. The van der Waals surface area contributed by atoms with Gasteiger partial charge in [-0.15, -0.1) is 0 Å². The molecule has 1 aliphatic heterocycles. The molecule has 0 saturated carbocycles. The molecular weight excluding hydrogens is 210 g/mol. The molecule has 1 fully saturated rings. The third-order valence-electron chi connectivity index (χ3n) is 3.43. The first-order valence-electron chi connectivity index (χ1n) is 6.22.